The number of rotatable bonds is 5. The number of aryl methyl sites for hydroxylation is 2. The summed E-state index contributed by atoms with van der Waals surface area (Å²) >= 11 is 0. The van der Waals surface area contributed by atoms with Gasteiger partial charge >= 0.3 is 12.0 Å². The number of hydrogen-bond acceptors (Lipinski definition) is 5. The van der Waals surface area contributed by atoms with Gasteiger partial charge in [0.25, 0.3) is 11.5 Å². The summed E-state index contributed by atoms with van der Waals surface area (Å²) in [6.45, 7) is 3.29. The van der Waals surface area contributed by atoms with Crippen molar-refractivity contribution in [1.29, 1.82) is 5.26 Å². The van der Waals surface area contributed by atoms with E-state index in [1.807, 2.05) is 6.07 Å². The molecular weight excluding hydrogens is 316 g/mol. The standard InChI is InChI=1S/C15H16N4O5/c1-8-5-9(2)18(13(22)10(8)7-16)3-4-19-14(23)11(6-12(20)21)17-15(19)24/h5,11H,3-4,6H2,1-2H3,(H,17,24)(H,20,21)/t11-/m1/s1. The van der Waals surface area contributed by atoms with Gasteiger partial charge in [-0.25, -0.2) is 4.79 Å². The molecule has 1 saturated heterocycles. The van der Waals surface area contributed by atoms with Crippen LogP contribution in [0.15, 0.2) is 10.9 Å². The van der Waals surface area contributed by atoms with Gasteiger partial charge in [-0.1, -0.05) is 0 Å². The lowest BCUT2D eigenvalue weighted by molar-refractivity contribution is -0.140. The van der Waals surface area contributed by atoms with Gasteiger partial charge < -0.3 is 15.0 Å². The molecule has 1 atom stereocenters. The predicted molar refractivity (Wildman–Crippen MR) is 81.2 cm³/mol. The van der Waals surface area contributed by atoms with Gasteiger partial charge in [0.05, 0.1) is 6.42 Å². The zero-order chi connectivity index (χ0) is 18.0. The number of carbonyl (C=O) groups excluding carboxylic acids is 2. The van der Waals surface area contributed by atoms with E-state index in [2.05, 4.69) is 5.32 Å². The number of urea groups is 1. The molecule has 0 spiro atoms. The van der Waals surface area contributed by atoms with E-state index in [-0.39, 0.29) is 18.7 Å². The summed E-state index contributed by atoms with van der Waals surface area (Å²) in [7, 11) is 0. The van der Waals surface area contributed by atoms with E-state index in [9.17, 15) is 19.2 Å². The molecule has 126 valence electrons. The van der Waals surface area contributed by atoms with Crippen LogP contribution in [0, 0.1) is 25.2 Å². The van der Waals surface area contributed by atoms with Crippen LogP contribution in [-0.4, -0.2) is 45.1 Å². The summed E-state index contributed by atoms with van der Waals surface area (Å²) in [4.78, 5) is 47.7. The first-order valence-electron chi connectivity index (χ1n) is 7.21. The number of hydrogen-bond donors (Lipinski definition) is 2. The molecule has 0 radical (unpaired) electrons. The Hall–Kier alpha value is -3.15. The van der Waals surface area contributed by atoms with E-state index in [1.54, 1.807) is 19.9 Å². The zero-order valence-corrected chi connectivity index (χ0v) is 13.2. The first-order chi connectivity index (χ1) is 11.3. The zero-order valence-electron chi connectivity index (χ0n) is 13.2. The minimum Gasteiger partial charge on any atom is -0.481 e. The van der Waals surface area contributed by atoms with Crippen LogP contribution in [0.2, 0.25) is 0 Å². The van der Waals surface area contributed by atoms with Crippen LogP contribution in [0.25, 0.3) is 0 Å². The van der Waals surface area contributed by atoms with Crippen LogP contribution in [0.3, 0.4) is 0 Å². The summed E-state index contributed by atoms with van der Waals surface area (Å²) in [6, 6.07) is 1.74. The third-order valence-electron chi connectivity index (χ3n) is 3.85. The van der Waals surface area contributed by atoms with Gasteiger partial charge in [0.15, 0.2) is 0 Å². The number of nitrogens with zero attached hydrogens (tertiary/aromatic N) is 3. The summed E-state index contributed by atoms with van der Waals surface area (Å²) < 4.78 is 1.32. The Bertz CT molecular complexity index is 820. The maximum absolute atomic E-state index is 12.3. The molecule has 0 aromatic carbocycles. The van der Waals surface area contributed by atoms with Gasteiger partial charge in [-0.05, 0) is 25.5 Å². The fourth-order valence-corrected chi connectivity index (χ4v) is 2.64. The first-order valence-corrected chi connectivity index (χ1v) is 7.21. The van der Waals surface area contributed by atoms with Crippen LogP contribution in [0.5, 0.6) is 0 Å². The topological polar surface area (TPSA) is 132 Å². The Morgan fingerprint density at radius 1 is 1.33 bits per heavy atom. The molecule has 9 heteroatoms. The lowest BCUT2D eigenvalue weighted by atomic mass is 10.1. The van der Waals surface area contributed by atoms with Crippen molar-refractivity contribution in [3.8, 4) is 6.07 Å². The second kappa shape index (κ2) is 6.54. The number of aliphatic carboxylic acids is 1. The number of nitrogens with one attached hydrogen (secondary N) is 1. The van der Waals surface area contributed by atoms with Gasteiger partial charge in [0, 0.05) is 18.8 Å². The molecule has 0 bridgehead atoms. The summed E-state index contributed by atoms with van der Waals surface area (Å²) in [5.41, 5.74) is 0.698. The van der Waals surface area contributed by atoms with Crippen LogP contribution in [0.1, 0.15) is 23.2 Å². The first kappa shape index (κ1) is 17.2. The third kappa shape index (κ3) is 3.12. The molecule has 1 aliphatic rings. The maximum atomic E-state index is 12.3. The van der Waals surface area contributed by atoms with Crippen LogP contribution in [-0.2, 0) is 16.1 Å². The second-order valence-electron chi connectivity index (χ2n) is 5.50. The largest absolute Gasteiger partial charge is 0.481 e. The molecule has 1 fully saturated rings. The van der Waals surface area contributed by atoms with E-state index in [1.165, 1.54) is 4.57 Å². The molecule has 0 saturated carbocycles. The number of carbonyl (C=O) groups is 3. The Labute approximate surface area is 137 Å². The third-order valence-corrected chi connectivity index (χ3v) is 3.85. The van der Waals surface area contributed by atoms with Crippen molar-refractivity contribution in [1.82, 2.24) is 14.8 Å². The molecule has 2 N–H and O–H groups in total. The average Bonchev–Trinajstić information content (AvgIpc) is 2.73. The number of imide groups is 1. The Kier molecular flexibility index (Phi) is 4.69. The van der Waals surface area contributed by atoms with E-state index in [4.69, 9.17) is 10.4 Å². The fraction of sp³-hybridized carbons (Fsp3) is 0.400. The highest BCUT2D eigenvalue weighted by atomic mass is 16.4. The molecule has 1 aliphatic heterocycles. The number of aromatic nitrogens is 1. The quantitative estimate of drug-likeness (QED) is 0.713. The highest BCUT2D eigenvalue weighted by Gasteiger charge is 2.38. The lowest BCUT2D eigenvalue weighted by Gasteiger charge is -2.16. The van der Waals surface area contributed by atoms with Crippen molar-refractivity contribution in [3.63, 3.8) is 0 Å². The summed E-state index contributed by atoms with van der Waals surface area (Å²) in [5.74, 6) is -1.83. The minimum atomic E-state index is -1.19. The molecule has 2 rings (SSSR count). The van der Waals surface area contributed by atoms with Crippen molar-refractivity contribution in [2.45, 2.75) is 32.9 Å². The van der Waals surface area contributed by atoms with Crippen LogP contribution < -0.4 is 10.9 Å². The highest BCUT2D eigenvalue weighted by molar-refractivity contribution is 6.05. The molecule has 9 nitrogen and oxygen atoms in total. The Morgan fingerprint density at radius 2 is 2.00 bits per heavy atom. The van der Waals surface area contributed by atoms with Crippen LogP contribution >= 0.6 is 0 Å². The van der Waals surface area contributed by atoms with Crippen molar-refractivity contribution in [3.05, 3.63) is 33.2 Å². The summed E-state index contributed by atoms with van der Waals surface area (Å²) in [6.07, 6.45) is -0.497. The number of carboxylic acid groups (broad SMARTS) is 1. The molecule has 3 amide bonds. The van der Waals surface area contributed by atoms with E-state index < -0.39 is 35.9 Å². The number of nitriles is 1. The summed E-state index contributed by atoms with van der Waals surface area (Å²) in [5, 5.41) is 20.1. The molecule has 1 aromatic heterocycles. The Balaban J connectivity index is 2.19. The van der Waals surface area contributed by atoms with E-state index >= 15 is 0 Å². The minimum absolute atomic E-state index is 0.0153. The molecule has 1 aromatic rings. The lowest BCUT2D eigenvalue weighted by Crippen LogP contribution is -2.37. The average molecular weight is 332 g/mol. The second-order valence-corrected chi connectivity index (χ2v) is 5.50. The van der Waals surface area contributed by atoms with Gasteiger partial charge in [-0.3, -0.25) is 19.3 Å². The number of pyridine rings is 1. The van der Waals surface area contributed by atoms with Gasteiger partial charge in [-0.15, -0.1) is 0 Å². The van der Waals surface area contributed by atoms with Crippen molar-refractivity contribution < 1.29 is 19.5 Å². The van der Waals surface area contributed by atoms with Gasteiger partial charge in [0.1, 0.15) is 17.7 Å². The van der Waals surface area contributed by atoms with Crippen LogP contribution in [0.4, 0.5) is 4.79 Å². The molecule has 0 aliphatic carbocycles. The monoisotopic (exact) mass is 332 g/mol. The fourth-order valence-electron chi connectivity index (χ4n) is 2.64. The van der Waals surface area contributed by atoms with Gasteiger partial charge in [-0.2, -0.15) is 5.26 Å². The number of amides is 3. The SMILES string of the molecule is Cc1cc(C)n(CCN2C(=O)N[C@H](CC(=O)O)C2=O)c(=O)c1C#N. The van der Waals surface area contributed by atoms with Crippen molar-refractivity contribution in [2.24, 2.45) is 0 Å². The molecule has 2 heterocycles. The smallest absolute Gasteiger partial charge is 0.324 e. The van der Waals surface area contributed by atoms with Crippen molar-refractivity contribution in [2.75, 3.05) is 6.54 Å². The molecule has 0 unspecified atom stereocenters. The highest BCUT2D eigenvalue weighted by Crippen LogP contribution is 2.11. The maximum Gasteiger partial charge on any atom is 0.324 e. The van der Waals surface area contributed by atoms with E-state index in [0.717, 1.165) is 4.90 Å². The van der Waals surface area contributed by atoms with Gasteiger partial charge in [0.2, 0.25) is 0 Å². The number of carboxylic acids is 1. The molecule has 24 heavy (non-hydrogen) atoms. The molecular formula is C15H16N4O5. The van der Waals surface area contributed by atoms with Crippen molar-refractivity contribution >= 4 is 17.9 Å². The normalized spacial score (nSPS) is 16.9. The Morgan fingerprint density at radius 3 is 2.58 bits per heavy atom. The predicted octanol–water partition coefficient (Wildman–Crippen LogP) is -0.268. The van der Waals surface area contributed by atoms with E-state index in [0.29, 0.717) is 11.3 Å².